The van der Waals surface area contributed by atoms with Gasteiger partial charge in [-0.25, -0.2) is 4.39 Å². The number of aromatic nitrogens is 3. The molecule has 2 heterocycles. The van der Waals surface area contributed by atoms with Crippen LogP contribution in [0.25, 0.3) is 11.3 Å². The van der Waals surface area contributed by atoms with Crippen LogP contribution in [0.3, 0.4) is 0 Å². The lowest BCUT2D eigenvalue weighted by molar-refractivity contribution is -0.0521. The topological polar surface area (TPSA) is 39.9 Å². The first kappa shape index (κ1) is 16.0. The van der Waals surface area contributed by atoms with E-state index in [-0.39, 0.29) is 0 Å². The quantitative estimate of drug-likeness (QED) is 0.707. The molecule has 0 aliphatic carbocycles. The summed E-state index contributed by atoms with van der Waals surface area (Å²) in [5.41, 5.74) is 3.07. The highest BCUT2D eigenvalue weighted by molar-refractivity contribution is 5.59. The Balaban J connectivity index is 1.79. The highest BCUT2D eigenvalue weighted by Crippen LogP contribution is 2.25. The van der Waals surface area contributed by atoms with Gasteiger partial charge in [0, 0.05) is 24.2 Å². The summed E-state index contributed by atoms with van der Waals surface area (Å²) in [5, 5.41) is 4.37. The van der Waals surface area contributed by atoms with Crippen molar-refractivity contribution in [3.8, 4) is 17.0 Å². The lowest BCUT2D eigenvalue weighted by Crippen LogP contribution is -2.03. The molecular formula is C17H14F3N3O. The second-order valence-electron chi connectivity index (χ2n) is 5.29. The van der Waals surface area contributed by atoms with Crippen LogP contribution in [-0.4, -0.2) is 21.4 Å². The molecule has 0 bridgehead atoms. The molecule has 0 radical (unpaired) electrons. The zero-order chi connectivity index (χ0) is 17.1. The summed E-state index contributed by atoms with van der Waals surface area (Å²) in [4.78, 5) is 4.12. The minimum Gasteiger partial charge on any atom is -0.432 e. The van der Waals surface area contributed by atoms with E-state index in [2.05, 4.69) is 14.8 Å². The van der Waals surface area contributed by atoms with Gasteiger partial charge in [0.05, 0.1) is 12.2 Å². The highest BCUT2D eigenvalue weighted by Gasteiger charge is 2.12. The maximum absolute atomic E-state index is 13.8. The van der Waals surface area contributed by atoms with Crippen LogP contribution in [0, 0.1) is 12.7 Å². The van der Waals surface area contributed by atoms with Gasteiger partial charge in [-0.05, 0) is 42.3 Å². The molecule has 0 aliphatic heterocycles. The Bertz CT molecular complexity index is 849. The van der Waals surface area contributed by atoms with Gasteiger partial charge >= 0.3 is 6.61 Å². The molecule has 0 N–H and O–H groups in total. The predicted octanol–water partition coefficient (Wildman–Crippen LogP) is 4.04. The molecule has 0 aliphatic rings. The van der Waals surface area contributed by atoms with Crippen molar-refractivity contribution < 1.29 is 17.9 Å². The van der Waals surface area contributed by atoms with Gasteiger partial charge in [-0.2, -0.15) is 13.9 Å². The van der Waals surface area contributed by atoms with Crippen molar-refractivity contribution in [2.75, 3.05) is 0 Å². The zero-order valence-corrected chi connectivity index (χ0v) is 12.8. The fourth-order valence-electron chi connectivity index (χ4n) is 2.35. The van der Waals surface area contributed by atoms with E-state index in [1.165, 1.54) is 12.1 Å². The molecule has 124 valence electrons. The molecule has 3 aromatic rings. The van der Waals surface area contributed by atoms with E-state index in [4.69, 9.17) is 0 Å². The van der Waals surface area contributed by atoms with E-state index in [0.29, 0.717) is 17.8 Å². The Kier molecular flexibility index (Phi) is 4.50. The summed E-state index contributed by atoms with van der Waals surface area (Å²) in [6.07, 6.45) is 5.29. The maximum Gasteiger partial charge on any atom is 0.387 e. The summed E-state index contributed by atoms with van der Waals surface area (Å²) in [6, 6.07) is 7.51. The van der Waals surface area contributed by atoms with E-state index in [1.807, 2.05) is 13.0 Å². The largest absolute Gasteiger partial charge is 0.432 e. The van der Waals surface area contributed by atoms with Gasteiger partial charge in [0.15, 0.2) is 11.6 Å². The molecule has 0 spiro atoms. The Labute approximate surface area is 136 Å². The average Bonchev–Trinajstić information content (AvgIpc) is 2.97. The van der Waals surface area contributed by atoms with Crippen LogP contribution >= 0.6 is 0 Å². The van der Waals surface area contributed by atoms with Gasteiger partial charge in [0.25, 0.3) is 0 Å². The van der Waals surface area contributed by atoms with Crippen molar-refractivity contribution in [2.45, 2.75) is 20.1 Å². The summed E-state index contributed by atoms with van der Waals surface area (Å²) >= 11 is 0. The number of ether oxygens (including phenoxy) is 1. The van der Waals surface area contributed by atoms with E-state index in [1.54, 1.807) is 29.3 Å². The Hall–Kier alpha value is -2.83. The number of pyridine rings is 1. The summed E-state index contributed by atoms with van der Waals surface area (Å²) < 4.78 is 43.9. The van der Waals surface area contributed by atoms with Gasteiger partial charge in [-0.15, -0.1) is 0 Å². The number of benzene rings is 1. The van der Waals surface area contributed by atoms with Crippen molar-refractivity contribution in [3.63, 3.8) is 0 Å². The summed E-state index contributed by atoms with van der Waals surface area (Å²) in [7, 11) is 0. The van der Waals surface area contributed by atoms with Crippen LogP contribution in [0.15, 0.2) is 48.9 Å². The third-order valence-corrected chi connectivity index (χ3v) is 3.36. The third kappa shape index (κ3) is 3.73. The van der Waals surface area contributed by atoms with Crippen LogP contribution in [-0.2, 0) is 6.54 Å². The molecular weight excluding hydrogens is 319 g/mol. The fourth-order valence-corrected chi connectivity index (χ4v) is 2.35. The SMILES string of the molecule is Cc1cncc(Cn2ccc(-c3ccc(OC(F)F)c(F)c3)n2)c1. The van der Waals surface area contributed by atoms with E-state index < -0.39 is 18.2 Å². The standard InChI is InChI=1S/C17H14F3N3O/c1-11-6-12(9-21-8-11)10-23-5-4-15(22-23)13-2-3-16(14(18)7-13)24-17(19)20/h2-9,17H,10H2,1H3. The number of nitrogens with zero attached hydrogens (tertiary/aromatic N) is 3. The van der Waals surface area contributed by atoms with E-state index in [9.17, 15) is 13.2 Å². The molecule has 1 aromatic carbocycles. The third-order valence-electron chi connectivity index (χ3n) is 3.36. The first-order chi connectivity index (χ1) is 11.5. The Morgan fingerprint density at radius 2 is 2.00 bits per heavy atom. The van der Waals surface area contributed by atoms with Crippen molar-refractivity contribution in [2.24, 2.45) is 0 Å². The first-order valence-corrected chi connectivity index (χ1v) is 7.20. The molecule has 0 unspecified atom stereocenters. The van der Waals surface area contributed by atoms with E-state index in [0.717, 1.165) is 17.2 Å². The van der Waals surface area contributed by atoms with Crippen molar-refractivity contribution in [3.05, 3.63) is 65.9 Å². The molecule has 0 saturated carbocycles. The molecule has 24 heavy (non-hydrogen) atoms. The number of alkyl halides is 2. The maximum atomic E-state index is 13.8. The minimum atomic E-state index is -3.06. The number of halogens is 3. The second kappa shape index (κ2) is 6.74. The van der Waals surface area contributed by atoms with Gasteiger partial charge < -0.3 is 4.74 Å². The summed E-state index contributed by atoms with van der Waals surface area (Å²) in [6.45, 7) is -0.576. The molecule has 0 fully saturated rings. The van der Waals surface area contributed by atoms with Crippen molar-refractivity contribution in [1.29, 1.82) is 0 Å². The second-order valence-corrected chi connectivity index (χ2v) is 5.29. The van der Waals surface area contributed by atoms with E-state index >= 15 is 0 Å². The smallest absolute Gasteiger partial charge is 0.387 e. The first-order valence-electron chi connectivity index (χ1n) is 7.20. The predicted molar refractivity (Wildman–Crippen MR) is 82.3 cm³/mol. The van der Waals surface area contributed by atoms with Crippen LogP contribution in [0.5, 0.6) is 5.75 Å². The molecule has 2 aromatic heterocycles. The Morgan fingerprint density at radius 3 is 2.71 bits per heavy atom. The molecule has 7 heteroatoms. The monoisotopic (exact) mass is 333 g/mol. The number of rotatable bonds is 5. The molecule has 0 atom stereocenters. The molecule has 0 saturated heterocycles. The highest BCUT2D eigenvalue weighted by atomic mass is 19.3. The number of hydrogen-bond acceptors (Lipinski definition) is 3. The lowest BCUT2D eigenvalue weighted by Gasteiger charge is -2.06. The summed E-state index contributed by atoms with van der Waals surface area (Å²) in [5.74, 6) is -1.34. The molecule has 3 rings (SSSR count). The van der Waals surface area contributed by atoms with Crippen molar-refractivity contribution in [1.82, 2.24) is 14.8 Å². The molecule has 4 nitrogen and oxygen atoms in total. The lowest BCUT2D eigenvalue weighted by atomic mass is 10.1. The number of aryl methyl sites for hydroxylation is 1. The number of hydrogen-bond donors (Lipinski definition) is 0. The van der Waals surface area contributed by atoms with Crippen LogP contribution in [0.2, 0.25) is 0 Å². The van der Waals surface area contributed by atoms with Gasteiger partial charge in [-0.1, -0.05) is 6.07 Å². The molecule has 0 amide bonds. The fraction of sp³-hybridized carbons (Fsp3) is 0.176. The minimum absolute atomic E-state index is 0.482. The van der Waals surface area contributed by atoms with Crippen LogP contribution in [0.1, 0.15) is 11.1 Å². The van der Waals surface area contributed by atoms with Gasteiger partial charge in [0.1, 0.15) is 0 Å². The van der Waals surface area contributed by atoms with Crippen molar-refractivity contribution >= 4 is 0 Å². The van der Waals surface area contributed by atoms with Crippen LogP contribution in [0.4, 0.5) is 13.2 Å². The van der Waals surface area contributed by atoms with Gasteiger partial charge in [-0.3, -0.25) is 9.67 Å². The zero-order valence-electron chi connectivity index (χ0n) is 12.8. The Morgan fingerprint density at radius 1 is 1.17 bits per heavy atom. The normalized spacial score (nSPS) is 11.0. The van der Waals surface area contributed by atoms with Crippen LogP contribution < -0.4 is 4.74 Å². The average molecular weight is 333 g/mol. The van der Waals surface area contributed by atoms with Gasteiger partial charge in [0.2, 0.25) is 0 Å².